The van der Waals surface area contributed by atoms with Crippen LogP contribution in [0.1, 0.15) is 52.0 Å². The molecule has 1 atom stereocenters. The number of ether oxygens (including phenoxy) is 1. The summed E-state index contributed by atoms with van der Waals surface area (Å²) in [4.78, 5) is 14.1. The minimum Gasteiger partial charge on any atom is -0.549 e. The summed E-state index contributed by atoms with van der Waals surface area (Å²) in [5.74, 6) is 0.644. The second-order valence-electron chi connectivity index (χ2n) is 6.94. The lowest BCUT2D eigenvalue weighted by Crippen LogP contribution is -2.37. The lowest BCUT2D eigenvalue weighted by Gasteiger charge is -2.27. The zero-order valence-electron chi connectivity index (χ0n) is 16.4. The van der Waals surface area contributed by atoms with E-state index in [2.05, 4.69) is 26.0 Å². The summed E-state index contributed by atoms with van der Waals surface area (Å²) in [6.45, 7) is 6.88. The molecule has 1 aromatic rings. The van der Waals surface area contributed by atoms with Gasteiger partial charge in [0.05, 0.1) is 6.04 Å². The van der Waals surface area contributed by atoms with Crippen molar-refractivity contribution in [3.8, 4) is 0 Å². The van der Waals surface area contributed by atoms with E-state index in [4.69, 9.17) is 9.39 Å². The molecule has 0 radical (unpaired) electrons. The third kappa shape index (κ3) is 5.82. The van der Waals surface area contributed by atoms with Crippen molar-refractivity contribution >= 4 is 13.0 Å². The van der Waals surface area contributed by atoms with Gasteiger partial charge in [-0.05, 0) is 37.6 Å². The normalized spacial score (nSPS) is 17.3. The minimum absolute atomic E-state index is 0.0194. The Morgan fingerprint density at radius 1 is 1.23 bits per heavy atom. The zero-order valence-corrected chi connectivity index (χ0v) is 16.4. The van der Waals surface area contributed by atoms with Crippen LogP contribution in [0.5, 0.6) is 0 Å². The van der Waals surface area contributed by atoms with Crippen LogP contribution in [0.3, 0.4) is 0 Å². The highest BCUT2D eigenvalue weighted by molar-refractivity contribution is 6.52. The molecule has 1 amide bonds. The van der Waals surface area contributed by atoms with Crippen molar-refractivity contribution in [2.75, 3.05) is 6.61 Å². The van der Waals surface area contributed by atoms with E-state index < -0.39 is 0 Å². The first-order valence-corrected chi connectivity index (χ1v) is 10.0. The summed E-state index contributed by atoms with van der Waals surface area (Å²) in [6.07, 6.45) is 9.01. The van der Waals surface area contributed by atoms with Crippen molar-refractivity contribution in [3.63, 3.8) is 0 Å². The number of carbonyl (C=O) groups is 1. The Balaban J connectivity index is 2.07. The topological polar surface area (TPSA) is 38.8 Å². The van der Waals surface area contributed by atoms with Crippen LogP contribution in [0.25, 0.3) is 0 Å². The summed E-state index contributed by atoms with van der Waals surface area (Å²) in [7, 11) is 0. The molecule has 0 unspecified atom stereocenters. The maximum atomic E-state index is 12.4. The Bertz CT molecular complexity index is 568. The maximum Gasteiger partial charge on any atom is 0.417 e. The molecule has 1 heterocycles. The van der Waals surface area contributed by atoms with Crippen LogP contribution in [0.15, 0.2) is 42.3 Å². The van der Waals surface area contributed by atoms with Gasteiger partial charge in [-0.15, -0.1) is 0 Å². The van der Waals surface area contributed by atoms with Gasteiger partial charge in [-0.2, -0.15) is 0 Å². The third-order valence-corrected chi connectivity index (χ3v) is 4.81. The lowest BCUT2D eigenvalue weighted by atomic mass is 9.59. The van der Waals surface area contributed by atoms with E-state index in [-0.39, 0.29) is 19.1 Å². The van der Waals surface area contributed by atoms with Crippen LogP contribution in [-0.4, -0.2) is 30.6 Å². The van der Waals surface area contributed by atoms with Gasteiger partial charge < -0.3 is 9.39 Å². The van der Waals surface area contributed by atoms with Gasteiger partial charge in [-0.3, -0.25) is 0 Å². The predicted molar refractivity (Wildman–Crippen MR) is 107 cm³/mol. The van der Waals surface area contributed by atoms with Gasteiger partial charge >= 0.3 is 13.0 Å². The molecule has 2 rings (SSSR count). The van der Waals surface area contributed by atoms with Gasteiger partial charge in [0, 0.05) is 0 Å². The van der Waals surface area contributed by atoms with Crippen LogP contribution in [-0.2, 0) is 15.8 Å². The van der Waals surface area contributed by atoms with Crippen molar-refractivity contribution in [3.05, 3.63) is 47.9 Å². The molecule has 1 fully saturated rings. The molecular formula is C21H32BNO3. The van der Waals surface area contributed by atoms with E-state index >= 15 is 0 Å². The number of hydrogen-bond donors (Lipinski definition) is 0. The minimum atomic E-state index is -0.302. The summed E-state index contributed by atoms with van der Waals surface area (Å²) < 4.78 is 11.7. The first-order chi connectivity index (χ1) is 12.7. The van der Waals surface area contributed by atoms with E-state index in [1.165, 1.54) is 5.56 Å². The lowest BCUT2D eigenvalue weighted by molar-refractivity contribution is 0.152. The highest BCUT2D eigenvalue weighted by Crippen LogP contribution is 2.25. The number of amides is 1. The summed E-state index contributed by atoms with van der Waals surface area (Å²) in [5, 5.41) is 0. The van der Waals surface area contributed by atoms with E-state index in [1.54, 1.807) is 4.90 Å². The van der Waals surface area contributed by atoms with Gasteiger partial charge in [0.25, 0.3) is 0 Å². The molecule has 0 aliphatic carbocycles. The number of benzene rings is 1. The Hall–Kier alpha value is -1.91. The van der Waals surface area contributed by atoms with Crippen LogP contribution in [0, 0.1) is 0 Å². The molecule has 1 aliphatic rings. The summed E-state index contributed by atoms with van der Waals surface area (Å²) >= 11 is 0. The Morgan fingerprint density at radius 2 is 1.88 bits per heavy atom. The van der Waals surface area contributed by atoms with E-state index in [0.29, 0.717) is 12.5 Å². The fourth-order valence-corrected chi connectivity index (χ4v) is 3.33. The van der Waals surface area contributed by atoms with Crippen LogP contribution in [0.4, 0.5) is 4.79 Å². The van der Waals surface area contributed by atoms with Crippen molar-refractivity contribution in [1.29, 1.82) is 0 Å². The highest BCUT2D eigenvalue weighted by Gasteiger charge is 2.37. The molecule has 0 bridgehead atoms. The molecule has 0 aromatic heterocycles. The summed E-state index contributed by atoms with van der Waals surface area (Å²) in [5.41, 5.74) is 1.20. The largest absolute Gasteiger partial charge is 0.549 e. The van der Waals surface area contributed by atoms with Crippen LogP contribution >= 0.6 is 0 Å². The molecular weight excluding hydrogens is 325 g/mol. The molecule has 5 heteroatoms. The molecule has 142 valence electrons. The van der Waals surface area contributed by atoms with Gasteiger partial charge in [-0.25, -0.2) is 9.69 Å². The number of unbranched alkanes of at least 4 members (excludes halogenated alkanes) is 2. The fourth-order valence-electron chi connectivity index (χ4n) is 3.33. The zero-order chi connectivity index (χ0) is 18.8. The molecule has 0 N–H and O–H groups in total. The summed E-state index contributed by atoms with van der Waals surface area (Å²) in [6, 6.07) is 10.2. The standard InChI is InChI=1S/C21H32BNO3/c1-4-7-14-22(15-8-5-2)26-20(6-3)23-19(17-25-21(23)24)16-18-12-10-9-11-13-18/h6,9-13,19H,4-5,7-8,14-17H2,1-3H3/b20-6-/t19-/m1/s1. The number of nitrogens with zero attached hydrogens (tertiary/aromatic N) is 1. The SMILES string of the molecule is C/C=C(\OB(CCCC)CCCC)N1C(=O)OC[C@H]1Cc1ccccc1. The quantitative estimate of drug-likeness (QED) is 0.387. The molecule has 0 saturated carbocycles. The molecule has 4 nitrogen and oxygen atoms in total. The second-order valence-corrected chi connectivity index (χ2v) is 6.94. The number of rotatable bonds is 11. The van der Waals surface area contributed by atoms with Crippen molar-refractivity contribution in [2.45, 2.75) is 71.6 Å². The van der Waals surface area contributed by atoms with Crippen molar-refractivity contribution in [1.82, 2.24) is 4.90 Å². The smallest absolute Gasteiger partial charge is 0.417 e. The number of cyclic esters (lactones) is 1. The number of hydrogen-bond acceptors (Lipinski definition) is 3. The van der Waals surface area contributed by atoms with Crippen molar-refractivity contribution < 1.29 is 14.2 Å². The number of carbonyl (C=O) groups excluding carboxylic acids is 1. The van der Waals surface area contributed by atoms with Crippen molar-refractivity contribution in [2.24, 2.45) is 0 Å². The predicted octanol–water partition coefficient (Wildman–Crippen LogP) is 5.52. The molecule has 1 aliphatic heterocycles. The van der Waals surface area contributed by atoms with Crippen LogP contribution < -0.4 is 0 Å². The van der Waals surface area contributed by atoms with Gasteiger partial charge in [0.2, 0.25) is 0 Å². The van der Waals surface area contributed by atoms with E-state index in [9.17, 15) is 4.79 Å². The van der Waals surface area contributed by atoms with E-state index in [0.717, 1.165) is 44.7 Å². The fraction of sp³-hybridized carbons (Fsp3) is 0.571. The Morgan fingerprint density at radius 3 is 2.46 bits per heavy atom. The Kier molecular flexibility index (Phi) is 8.59. The molecule has 1 saturated heterocycles. The molecule has 0 spiro atoms. The van der Waals surface area contributed by atoms with Gasteiger partial charge in [0.1, 0.15) is 6.61 Å². The number of allylic oxidation sites excluding steroid dienone is 1. The highest BCUT2D eigenvalue weighted by atomic mass is 16.6. The monoisotopic (exact) mass is 357 g/mol. The Labute approximate surface area is 158 Å². The second kappa shape index (κ2) is 10.9. The van der Waals surface area contributed by atoms with Gasteiger partial charge in [0.15, 0.2) is 5.88 Å². The first-order valence-electron chi connectivity index (χ1n) is 10.0. The maximum absolute atomic E-state index is 12.4. The third-order valence-electron chi connectivity index (χ3n) is 4.81. The van der Waals surface area contributed by atoms with Gasteiger partial charge in [-0.1, -0.05) is 69.9 Å². The van der Waals surface area contributed by atoms with E-state index in [1.807, 2.05) is 31.2 Å². The molecule has 1 aromatic carbocycles. The average Bonchev–Trinajstić information content (AvgIpc) is 3.02. The molecule has 26 heavy (non-hydrogen) atoms. The first kappa shape index (κ1) is 20.4. The average molecular weight is 357 g/mol. The van der Waals surface area contributed by atoms with Crippen LogP contribution in [0.2, 0.25) is 12.6 Å².